The standard InChI is InChI=1S/C8H16ClNO2/c9-2-5-12-6-4-10-3-1-8(11)7-10/h8,11H,1-7H2. The summed E-state index contributed by atoms with van der Waals surface area (Å²) < 4.78 is 5.22. The van der Waals surface area contributed by atoms with Crippen LogP contribution in [0.15, 0.2) is 0 Å². The molecular formula is C8H16ClNO2. The molecule has 3 nitrogen and oxygen atoms in total. The van der Waals surface area contributed by atoms with Gasteiger partial charge in [-0.1, -0.05) is 0 Å². The number of hydrogen-bond acceptors (Lipinski definition) is 3. The highest BCUT2D eigenvalue weighted by molar-refractivity contribution is 6.17. The van der Waals surface area contributed by atoms with E-state index in [1.807, 2.05) is 0 Å². The van der Waals surface area contributed by atoms with Gasteiger partial charge in [-0.15, -0.1) is 11.6 Å². The number of aliphatic hydroxyl groups is 1. The van der Waals surface area contributed by atoms with Gasteiger partial charge in [0.2, 0.25) is 0 Å². The minimum atomic E-state index is -0.127. The third kappa shape index (κ3) is 3.72. The molecule has 0 aromatic carbocycles. The average molecular weight is 194 g/mol. The fraction of sp³-hybridized carbons (Fsp3) is 1.00. The van der Waals surface area contributed by atoms with Crippen LogP contribution in [-0.2, 0) is 4.74 Å². The van der Waals surface area contributed by atoms with Crippen molar-refractivity contribution in [2.24, 2.45) is 0 Å². The number of nitrogens with zero attached hydrogens (tertiary/aromatic N) is 1. The Bertz CT molecular complexity index is 124. The van der Waals surface area contributed by atoms with E-state index in [1.165, 1.54) is 0 Å². The number of halogens is 1. The topological polar surface area (TPSA) is 32.7 Å². The molecule has 1 atom stereocenters. The number of rotatable bonds is 5. The van der Waals surface area contributed by atoms with Crippen molar-refractivity contribution >= 4 is 11.6 Å². The summed E-state index contributed by atoms with van der Waals surface area (Å²) in [4.78, 5) is 2.21. The van der Waals surface area contributed by atoms with E-state index in [1.54, 1.807) is 0 Å². The lowest BCUT2D eigenvalue weighted by Gasteiger charge is -2.13. The summed E-state index contributed by atoms with van der Waals surface area (Å²) in [6.07, 6.45) is 0.771. The van der Waals surface area contributed by atoms with Gasteiger partial charge in [0, 0.05) is 25.5 Å². The Morgan fingerprint density at radius 1 is 1.50 bits per heavy atom. The van der Waals surface area contributed by atoms with E-state index in [0.29, 0.717) is 12.5 Å². The molecule has 1 unspecified atom stereocenters. The predicted molar refractivity (Wildman–Crippen MR) is 48.6 cm³/mol. The van der Waals surface area contributed by atoms with Crippen molar-refractivity contribution in [2.45, 2.75) is 12.5 Å². The zero-order chi connectivity index (χ0) is 8.81. The summed E-state index contributed by atoms with van der Waals surface area (Å²) in [7, 11) is 0. The summed E-state index contributed by atoms with van der Waals surface area (Å²) in [6, 6.07) is 0. The minimum Gasteiger partial charge on any atom is -0.392 e. The van der Waals surface area contributed by atoms with Gasteiger partial charge < -0.3 is 9.84 Å². The Balaban J connectivity index is 1.93. The second-order valence-corrected chi connectivity index (χ2v) is 3.42. The van der Waals surface area contributed by atoms with Gasteiger partial charge >= 0.3 is 0 Å². The van der Waals surface area contributed by atoms with Gasteiger partial charge in [0.1, 0.15) is 0 Å². The highest BCUT2D eigenvalue weighted by atomic mass is 35.5. The molecule has 12 heavy (non-hydrogen) atoms. The second-order valence-electron chi connectivity index (χ2n) is 3.04. The zero-order valence-electron chi connectivity index (χ0n) is 7.21. The monoisotopic (exact) mass is 193 g/mol. The van der Waals surface area contributed by atoms with Crippen molar-refractivity contribution in [2.75, 3.05) is 38.7 Å². The SMILES string of the molecule is OC1CCN(CCOCCCl)C1. The van der Waals surface area contributed by atoms with Crippen LogP contribution in [0.5, 0.6) is 0 Å². The van der Waals surface area contributed by atoms with Crippen LogP contribution >= 0.6 is 11.6 Å². The van der Waals surface area contributed by atoms with Gasteiger partial charge in [-0.3, -0.25) is 4.90 Å². The third-order valence-electron chi connectivity index (χ3n) is 2.02. The first-order chi connectivity index (χ1) is 5.83. The molecule has 0 aromatic rings. The van der Waals surface area contributed by atoms with Gasteiger partial charge in [-0.05, 0) is 6.42 Å². The smallest absolute Gasteiger partial charge is 0.0679 e. The van der Waals surface area contributed by atoms with Crippen molar-refractivity contribution in [1.29, 1.82) is 0 Å². The Morgan fingerprint density at radius 2 is 2.33 bits per heavy atom. The fourth-order valence-electron chi connectivity index (χ4n) is 1.37. The predicted octanol–water partition coefficient (Wildman–Crippen LogP) is 0.308. The molecule has 1 rings (SSSR count). The first-order valence-electron chi connectivity index (χ1n) is 4.37. The van der Waals surface area contributed by atoms with Crippen LogP contribution in [0.3, 0.4) is 0 Å². The van der Waals surface area contributed by atoms with Crippen molar-refractivity contribution in [1.82, 2.24) is 4.90 Å². The van der Waals surface area contributed by atoms with Crippen LogP contribution in [0.4, 0.5) is 0 Å². The third-order valence-corrected chi connectivity index (χ3v) is 2.18. The van der Waals surface area contributed by atoms with E-state index >= 15 is 0 Å². The maximum Gasteiger partial charge on any atom is 0.0679 e. The van der Waals surface area contributed by atoms with E-state index in [2.05, 4.69) is 4.90 Å². The van der Waals surface area contributed by atoms with Gasteiger partial charge in [-0.25, -0.2) is 0 Å². The van der Waals surface area contributed by atoms with Gasteiger partial charge in [0.05, 0.1) is 19.3 Å². The highest BCUT2D eigenvalue weighted by Crippen LogP contribution is 2.07. The molecule has 0 radical (unpaired) electrons. The average Bonchev–Trinajstić information content (AvgIpc) is 2.45. The molecule has 1 N–H and O–H groups in total. The maximum atomic E-state index is 9.20. The van der Waals surface area contributed by atoms with Crippen LogP contribution in [0, 0.1) is 0 Å². The first-order valence-corrected chi connectivity index (χ1v) is 4.90. The molecule has 0 aromatic heterocycles. The van der Waals surface area contributed by atoms with Crippen LogP contribution < -0.4 is 0 Å². The molecule has 0 saturated carbocycles. The molecule has 4 heteroatoms. The quantitative estimate of drug-likeness (QED) is 0.504. The lowest BCUT2D eigenvalue weighted by molar-refractivity contribution is 0.114. The van der Waals surface area contributed by atoms with Crippen LogP contribution in [-0.4, -0.2) is 54.8 Å². The van der Waals surface area contributed by atoms with Gasteiger partial charge in [0.15, 0.2) is 0 Å². The van der Waals surface area contributed by atoms with E-state index in [0.717, 1.165) is 32.7 Å². The summed E-state index contributed by atoms with van der Waals surface area (Å²) in [5, 5.41) is 9.20. The number of likely N-dealkylation sites (tertiary alicyclic amines) is 1. The molecule has 0 amide bonds. The number of aliphatic hydroxyl groups excluding tert-OH is 1. The lowest BCUT2D eigenvalue weighted by atomic mass is 10.3. The molecule has 1 aliphatic heterocycles. The molecule has 72 valence electrons. The van der Waals surface area contributed by atoms with E-state index < -0.39 is 0 Å². The van der Waals surface area contributed by atoms with Crippen LogP contribution in [0.2, 0.25) is 0 Å². The maximum absolute atomic E-state index is 9.20. The summed E-state index contributed by atoms with van der Waals surface area (Å²) >= 11 is 5.44. The molecule has 0 spiro atoms. The second kappa shape index (κ2) is 5.75. The fourth-order valence-corrected chi connectivity index (χ4v) is 1.47. The molecule has 1 heterocycles. The van der Waals surface area contributed by atoms with E-state index in [4.69, 9.17) is 16.3 Å². The molecule has 0 bridgehead atoms. The Morgan fingerprint density at radius 3 is 2.92 bits per heavy atom. The first kappa shape index (κ1) is 10.3. The summed E-state index contributed by atoms with van der Waals surface area (Å²) in [5.74, 6) is 0.558. The van der Waals surface area contributed by atoms with Crippen molar-refractivity contribution in [3.63, 3.8) is 0 Å². The summed E-state index contributed by atoms with van der Waals surface area (Å²) in [6.45, 7) is 4.04. The molecular weight excluding hydrogens is 178 g/mol. The van der Waals surface area contributed by atoms with Crippen molar-refractivity contribution in [3.05, 3.63) is 0 Å². The van der Waals surface area contributed by atoms with Crippen molar-refractivity contribution < 1.29 is 9.84 Å². The van der Waals surface area contributed by atoms with Crippen LogP contribution in [0.1, 0.15) is 6.42 Å². The normalized spacial score (nSPS) is 25.0. The van der Waals surface area contributed by atoms with E-state index in [-0.39, 0.29) is 6.10 Å². The van der Waals surface area contributed by atoms with E-state index in [9.17, 15) is 5.11 Å². The van der Waals surface area contributed by atoms with Gasteiger partial charge in [0.25, 0.3) is 0 Å². The molecule has 1 aliphatic rings. The highest BCUT2D eigenvalue weighted by Gasteiger charge is 2.18. The number of ether oxygens (including phenoxy) is 1. The number of β-amino-alcohol motifs (C(OH)–C–C–N with tert-alkyl or cyclic N) is 1. The Labute approximate surface area is 78.3 Å². The lowest BCUT2D eigenvalue weighted by Crippen LogP contribution is -2.26. The summed E-state index contributed by atoms with van der Waals surface area (Å²) in [5.41, 5.74) is 0. The largest absolute Gasteiger partial charge is 0.392 e. The molecule has 1 saturated heterocycles. The molecule has 0 aliphatic carbocycles. The zero-order valence-corrected chi connectivity index (χ0v) is 7.96. The number of hydrogen-bond donors (Lipinski definition) is 1. The van der Waals surface area contributed by atoms with Gasteiger partial charge in [-0.2, -0.15) is 0 Å². The van der Waals surface area contributed by atoms with Crippen molar-refractivity contribution in [3.8, 4) is 0 Å². The minimum absolute atomic E-state index is 0.127. The number of alkyl halides is 1. The Hall–Kier alpha value is 0.170. The van der Waals surface area contributed by atoms with Crippen LogP contribution in [0.25, 0.3) is 0 Å². The Kier molecular flexibility index (Phi) is 4.92. The molecule has 1 fully saturated rings.